The molecule has 2 nitrogen and oxygen atoms in total. The van der Waals surface area contributed by atoms with E-state index in [4.69, 9.17) is 16.0 Å². The molecule has 0 bridgehead atoms. The van der Waals surface area contributed by atoms with Crippen LogP contribution in [0.1, 0.15) is 16.7 Å². The zero-order valence-electron chi connectivity index (χ0n) is 10.4. The summed E-state index contributed by atoms with van der Waals surface area (Å²) in [7, 11) is 1.92. The van der Waals surface area contributed by atoms with Gasteiger partial charge in [0.1, 0.15) is 17.4 Å². The molecule has 2 heterocycles. The molecule has 6 heteroatoms. The Hall–Kier alpha value is -0.330. The average molecular weight is 436 g/mol. The van der Waals surface area contributed by atoms with Gasteiger partial charge in [0.25, 0.3) is 0 Å². The zero-order chi connectivity index (χ0) is 14.3. The molecule has 20 heavy (non-hydrogen) atoms. The molecule has 1 N–H and O–H groups in total. The van der Waals surface area contributed by atoms with Gasteiger partial charge in [0.05, 0.1) is 3.79 Å². The summed E-state index contributed by atoms with van der Waals surface area (Å²) in [6.07, 6.45) is 0. The van der Waals surface area contributed by atoms with Gasteiger partial charge in [-0.25, -0.2) is 0 Å². The maximum absolute atomic E-state index is 6.01. The number of rotatable bonds is 3. The molecule has 0 radical (unpaired) electrons. The molecule has 0 aliphatic carbocycles. The van der Waals surface area contributed by atoms with E-state index in [-0.39, 0.29) is 6.04 Å². The molecule has 0 amide bonds. The molecule has 0 saturated carbocycles. The lowest BCUT2D eigenvalue weighted by Gasteiger charge is -2.10. The molecule has 0 saturated heterocycles. The van der Waals surface area contributed by atoms with Gasteiger partial charge >= 0.3 is 0 Å². The number of furan rings is 1. The van der Waals surface area contributed by atoms with Crippen molar-refractivity contribution in [1.82, 2.24) is 5.32 Å². The first kappa shape index (κ1) is 14.6. The van der Waals surface area contributed by atoms with Gasteiger partial charge in [-0.15, -0.1) is 11.3 Å². The van der Waals surface area contributed by atoms with Crippen molar-refractivity contribution < 1.29 is 4.42 Å². The van der Waals surface area contributed by atoms with Crippen molar-refractivity contribution in [1.29, 1.82) is 0 Å². The molecule has 3 aromatic rings. The van der Waals surface area contributed by atoms with Crippen molar-refractivity contribution in [3.05, 3.63) is 54.3 Å². The Morgan fingerprint density at radius 1 is 1.25 bits per heavy atom. The molecular weight excluding hydrogens is 425 g/mol. The highest BCUT2D eigenvalue weighted by Gasteiger charge is 2.20. The lowest BCUT2D eigenvalue weighted by atomic mass is 10.1. The average Bonchev–Trinajstić information content (AvgIpc) is 2.95. The molecule has 0 spiro atoms. The molecule has 104 valence electrons. The molecule has 0 fully saturated rings. The summed E-state index contributed by atoms with van der Waals surface area (Å²) in [4.78, 5) is 1.18. The lowest BCUT2D eigenvalue weighted by molar-refractivity contribution is 0.495. The van der Waals surface area contributed by atoms with Crippen molar-refractivity contribution >= 4 is 65.8 Å². The topological polar surface area (TPSA) is 25.2 Å². The zero-order valence-corrected chi connectivity index (χ0v) is 15.2. The first-order chi connectivity index (χ1) is 9.58. The fourth-order valence-electron chi connectivity index (χ4n) is 2.11. The summed E-state index contributed by atoms with van der Waals surface area (Å²) in [6, 6.07) is 9.79. The van der Waals surface area contributed by atoms with Crippen molar-refractivity contribution in [3.63, 3.8) is 0 Å². The number of benzene rings is 1. The second-order valence-electron chi connectivity index (χ2n) is 4.32. The summed E-state index contributed by atoms with van der Waals surface area (Å²) < 4.78 is 8.06. The van der Waals surface area contributed by atoms with Crippen molar-refractivity contribution in [2.45, 2.75) is 6.04 Å². The highest BCUT2D eigenvalue weighted by molar-refractivity contribution is 9.13. The Bertz CT molecular complexity index is 748. The van der Waals surface area contributed by atoms with Crippen LogP contribution in [0.25, 0.3) is 11.0 Å². The highest BCUT2D eigenvalue weighted by atomic mass is 79.9. The molecule has 1 atom stereocenters. The second-order valence-corrected chi connectivity index (χ2v) is 8.02. The molecular formula is C14H10Br2ClNOS. The Balaban J connectivity index is 2.06. The monoisotopic (exact) mass is 433 g/mol. The van der Waals surface area contributed by atoms with E-state index in [1.54, 1.807) is 11.3 Å². The highest BCUT2D eigenvalue weighted by Crippen LogP contribution is 2.38. The van der Waals surface area contributed by atoms with Crippen LogP contribution in [0, 0.1) is 0 Å². The van der Waals surface area contributed by atoms with Gasteiger partial charge in [0.15, 0.2) is 0 Å². The van der Waals surface area contributed by atoms with Crippen LogP contribution in [0.2, 0.25) is 5.02 Å². The molecule has 3 rings (SSSR count). The van der Waals surface area contributed by atoms with Gasteiger partial charge in [-0.2, -0.15) is 0 Å². The number of hydrogen-bond acceptors (Lipinski definition) is 3. The Kier molecular flexibility index (Phi) is 4.24. The third kappa shape index (κ3) is 2.70. The van der Waals surface area contributed by atoms with E-state index >= 15 is 0 Å². The molecule has 0 aliphatic rings. The van der Waals surface area contributed by atoms with E-state index in [0.29, 0.717) is 5.02 Å². The Labute approximate surface area is 142 Å². The Morgan fingerprint density at radius 2 is 2.05 bits per heavy atom. The van der Waals surface area contributed by atoms with Gasteiger partial charge in [-0.1, -0.05) is 11.6 Å². The summed E-state index contributed by atoms with van der Waals surface area (Å²) >= 11 is 14.7. The summed E-state index contributed by atoms with van der Waals surface area (Å²) in [5, 5.41) is 5.02. The fraction of sp³-hybridized carbons (Fsp3) is 0.143. The Morgan fingerprint density at radius 3 is 2.70 bits per heavy atom. The third-order valence-corrected chi connectivity index (χ3v) is 6.58. The minimum absolute atomic E-state index is 0.0220. The van der Waals surface area contributed by atoms with Crippen molar-refractivity contribution in [3.8, 4) is 0 Å². The number of fused-ring (bicyclic) bond motifs is 1. The van der Waals surface area contributed by atoms with Crippen LogP contribution in [0.5, 0.6) is 0 Å². The standard InChI is InChI=1S/C14H10Br2ClNOS/c1-18-13(12-6-9(15)14(16)20-12)11-5-7-4-8(17)2-3-10(7)19-11/h2-6,13,18H,1H3. The minimum atomic E-state index is 0.0220. The maximum atomic E-state index is 6.01. The summed E-state index contributed by atoms with van der Waals surface area (Å²) in [5.74, 6) is 0.881. The summed E-state index contributed by atoms with van der Waals surface area (Å²) in [6.45, 7) is 0. The number of nitrogens with one attached hydrogen (secondary N) is 1. The second kappa shape index (κ2) is 5.81. The van der Waals surface area contributed by atoms with Crippen LogP contribution in [0.3, 0.4) is 0 Å². The van der Waals surface area contributed by atoms with Gasteiger partial charge < -0.3 is 9.73 Å². The van der Waals surface area contributed by atoms with Crippen LogP contribution in [0.15, 0.2) is 43.0 Å². The van der Waals surface area contributed by atoms with Crippen molar-refractivity contribution in [2.75, 3.05) is 7.05 Å². The van der Waals surface area contributed by atoms with E-state index in [1.807, 2.05) is 31.3 Å². The smallest absolute Gasteiger partial charge is 0.134 e. The van der Waals surface area contributed by atoms with Crippen LogP contribution in [-0.4, -0.2) is 7.05 Å². The van der Waals surface area contributed by atoms with E-state index < -0.39 is 0 Å². The largest absolute Gasteiger partial charge is 0.459 e. The number of thiophene rings is 1. The molecule has 1 unspecified atom stereocenters. The quantitative estimate of drug-likeness (QED) is 0.547. The van der Waals surface area contributed by atoms with Crippen LogP contribution >= 0.6 is 54.8 Å². The SMILES string of the molecule is CNC(c1cc2cc(Cl)ccc2o1)c1cc(Br)c(Br)s1. The predicted octanol–water partition coefficient (Wildman–Crippen LogP) is 5.98. The van der Waals surface area contributed by atoms with Crippen molar-refractivity contribution in [2.24, 2.45) is 0 Å². The molecule has 0 aliphatic heterocycles. The van der Waals surface area contributed by atoms with Gasteiger partial charge in [0.2, 0.25) is 0 Å². The van der Waals surface area contributed by atoms with E-state index in [0.717, 1.165) is 25.0 Å². The first-order valence-electron chi connectivity index (χ1n) is 5.89. The van der Waals surface area contributed by atoms with E-state index in [1.165, 1.54) is 4.88 Å². The van der Waals surface area contributed by atoms with Gasteiger partial charge in [0, 0.05) is 19.8 Å². The first-order valence-corrected chi connectivity index (χ1v) is 8.67. The number of halogens is 3. The predicted molar refractivity (Wildman–Crippen MR) is 91.8 cm³/mol. The normalized spacial score (nSPS) is 13.0. The van der Waals surface area contributed by atoms with Gasteiger partial charge in [-0.3, -0.25) is 0 Å². The summed E-state index contributed by atoms with van der Waals surface area (Å²) in [5.41, 5.74) is 0.847. The third-order valence-electron chi connectivity index (χ3n) is 3.02. The maximum Gasteiger partial charge on any atom is 0.134 e. The van der Waals surface area contributed by atoms with E-state index in [9.17, 15) is 0 Å². The molecule has 2 aromatic heterocycles. The van der Waals surface area contributed by atoms with Crippen LogP contribution in [0.4, 0.5) is 0 Å². The lowest BCUT2D eigenvalue weighted by Crippen LogP contribution is -2.15. The molecule has 1 aromatic carbocycles. The van der Waals surface area contributed by atoms with Gasteiger partial charge in [-0.05, 0) is 69.2 Å². The fourth-order valence-corrected chi connectivity index (χ4v) is 4.50. The number of hydrogen-bond donors (Lipinski definition) is 1. The van der Waals surface area contributed by atoms with Crippen LogP contribution < -0.4 is 5.32 Å². The van der Waals surface area contributed by atoms with Crippen LogP contribution in [-0.2, 0) is 0 Å². The van der Waals surface area contributed by atoms with E-state index in [2.05, 4.69) is 43.2 Å². The minimum Gasteiger partial charge on any atom is -0.459 e.